The van der Waals surface area contributed by atoms with Crippen LogP contribution < -0.4 is 4.74 Å². The molecule has 0 fully saturated rings. The molecule has 0 bridgehead atoms. The number of nitrogens with zero attached hydrogens (tertiary/aromatic N) is 1. The molecule has 0 aliphatic heterocycles. The number of carbonyl (C=O) groups is 1. The molecule has 0 heterocycles. The second-order valence-electron chi connectivity index (χ2n) is 4.67. The topological polar surface area (TPSA) is 59.0 Å². The lowest BCUT2D eigenvalue weighted by Gasteiger charge is -2.21. The molecule has 0 aliphatic rings. The fourth-order valence-electron chi connectivity index (χ4n) is 2.03. The highest BCUT2D eigenvalue weighted by atomic mass is 16.5. The summed E-state index contributed by atoms with van der Waals surface area (Å²) in [5.74, 6) is 0.449. The summed E-state index contributed by atoms with van der Waals surface area (Å²) < 4.78 is 10.1. The second kappa shape index (κ2) is 8.55. The Labute approximate surface area is 120 Å². The lowest BCUT2D eigenvalue weighted by Crippen LogP contribution is -2.31. The third-order valence-corrected chi connectivity index (χ3v) is 2.86. The van der Waals surface area contributed by atoms with Crippen molar-refractivity contribution < 1.29 is 19.4 Å². The number of ether oxygens (including phenoxy) is 2. The van der Waals surface area contributed by atoms with Crippen LogP contribution in [0.25, 0.3) is 0 Å². The highest BCUT2D eigenvalue weighted by Gasteiger charge is 2.15. The van der Waals surface area contributed by atoms with E-state index >= 15 is 0 Å². The van der Waals surface area contributed by atoms with Gasteiger partial charge in [0.2, 0.25) is 0 Å². The van der Waals surface area contributed by atoms with Gasteiger partial charge in [0.25, 0.3) is 0 Å². The van der Waals surface area contributed by atoms with E-state index in [2.05, 4.69) is 0 Å². The van der Waals surface area contributed by atoms with Gasteiger partial charge in [0.05, 0.1) is 26.2 Å². The van der Waals surface area contributed by atoms with Crippen molar-refractivity contribution >= 4 is 5.97 Å². The predicted molar refractivity (Wildman–Crippen MR) is 76.6 cm³/mol. The quantitative estimate of drug-likeness (QED) is 0.731. The maximum atomic E-state index is 11.3. The van der Waals surface area contributed by atoms with Crippen molar-refractivity contribution in [3.05, 3.63) is 29.8 Å². The van der Waals surface area contributed by atoms with Crippen LogP contribution in [0.4, 0.5) is 0 Å². The zero-order valence-corrected chi connectivity index (χ0v) is 12.3. The van der Waals surface area contributed by atoms with E-state index in [1.807, 2.05) is 36.2 Å². The smallest absolute Gasteiger partial charge is 0.308 e. The van der Waals surface area contributed by atoms with Gasteiger partial charge < -0.3 is 14.6 Å². The highest BCUT2D eigenvalue weighted by Crippen LogP contribution is 2.18. The van der Waals surface area contributed by atoms with Gasteiger partial charge in [-0.05, 0) is 20.0 Å². The zero-order valence-electron chi connectivity index (χ0n) is 12.3. The van der Waals surface area contributed by atoms with Crippen molar-refractivity contribution in [3.8, 4) is 5.75 Å². The molecule has 20 heavy (non-hydrogen) atoms. The molecule has 1 unspecified atom stereocenters. The van der Waals surface area contributed by atoms with Gasteiger partial charge in [-0.1, -0.05) is 18.2 Å². The zero-order chi connectivity index (χ0) is 15.0. The summed E-state index contributed by atoms with van der Waals surface area (Å²) in [6.07, 6.45) is -0.710. The number of hydrogen-bond donors (Lipinski definition) is 1. The number of benzene rings is 1. The number of esters is 1. The predicted octanol–water partition coefficient (Wildman–Crippen LogP) is 1.44. The average molecular weight is 281 g/mol. The van der Waals surface area contributed by atoms with Gasteiger partial charge in [0.1, 0.15) is 5.75 Å². The molecule has 0 aliphatic carbocycles. The summed E-state index contributed by atoms with van der Waals surface area (Å²) in [6.45, 7) is 3.13. The van der Waals surface area contributed by atoms with Crippen molar-refractivity contribution in [1.29, 1.82) is 0 Å². The third kappa shape index (κ3) is 5.59. The minimum absolute atomic E-state index is 0.0180. The van der Waals surface area contributed by atoms with E-state index in [4.69, 9.17) is 9.47 Å². The van der Waals surface area contributed by atoms with Crippen LogP contribution >= 0.6 is 0 Å². The number of likely N-dealkylation sites (N-methyl/N-ethyl adjacent to an activating group) is 1. The monoisotopic (exact) mass is 281 g/mol. The molecule has 1 atom stereocenters. The molecule has 0 saturated heterocycles. The molecule has 0 spiro atoms. The molecule has 1 N–H and O–H groups in total. The second-order valence-corrected chi connectivity index (χ2v) is 4.67. The van der Waals surface area contributed by atoms with Gasteiger partial charge in [-0.25, -0.2) is 0 Å². The molecule has 0 amide bonds. The number of aliphatic hydroxyl groups is 1. The maximum Gasteiger partial charge on any atom is 0.308 e. The summed E-state index contributed by atoms with van der Waals surface area (Å²) in [5.41, 5.74) is 1.04. The number of rotatable bonds is 8. The van der Waals surface area contributed by atoms with Gasteiger partial charge >= 0.3 is 5.97 Å². The van der Waals surface area contributed by atoms with Crippen molar-refractivity contribution in [2.75, 3.05) is 27.3 Å². The molecule has 5 heteroatoms. The van der Waals surface area contributed by atoms with Crippen LogP contribution in [-0.4, -0.2) is 49.4 Å². The summed E-state index contributed by atoms with van der Waals surface area (Å²) >= 11 is 0. The summed E-state index contributed by atoms with van der Waals surface area (Å²) in [6, 6.07) is 7.74. The van der Waals surface area contributed by atoms with Gasteiger partial charge in [-0.3, -0.25) is 9.69 Å². The Bertz CT molecular complexity index is 422. The van der Waals surface area contributed by atoms with Gasteiger partial charge in [0.15, 0.2) is 0 Å². The van der Waals surface area contributed by atoms with E-state index in [0.717, 1.165) is 11.3 Å². The van der Waals surface area contributed by atoms with Crippen LogP contribution in [0, 0.1) is 0 Å². The van der Waals surface area contributed by atoms with Crippen LogP contribution in [0.15, 0.2) is 24.3 Å². The van der Waals surface area contributed by atoms with Crippen LogP contribution in [0.5, 0.6) is 5.75 Å². The Morgan fingerprint density at radius 3 is 2.75 bits per heavy atom. The minimum Gasteiger partial charge on any atom is -0.496 e. The number of hydrogen-bond acceptors (Lipinski definition) is 5. The fraction of sp³-hybridized carbons (Fsp3) is 0.533. The first-order valence-corrected chi connectivity index (χ1v) is 6.71. The molecular weight excluding hydrogens is 258 g/mol. The van der Waals surface area contributed by atoms with E-state index < -0.39 is 6.10 Å². The molecule has 1 rings (SSSR count). The molecular formula is C15H23NO4. The van der Waals surface area contributed by atoms with E-state index in [1.54, 1.807) is 14.0 Å². The van der Waals surface area contributed by atoms with Crippen molar-refractivity contribution in [1.82, 2.24) is 4.90 Å². The van der Waals surface area contributed by atoms with Crippen LogP contribution in [0.2, 0.25) is 0 Å². The largest absolute Gasteiger partial charge is 0.496 e. The molecule has 0 radical (unpaired) electrons. The maximum absolute atomic E-state index is 11.3. The molecule has 0 aromatic heterocycles. The number of aliphatic hydroxyl groups excluding tert-OH is 1. The Morgan fingerprint density at radius 1 is 1.40 bits per heavy atom. The van der Waals surface area contributed by atoms with Crippen LogP contribution in [0.1, 0.15) is 18.9 Å². The first-order valence-electron chi connectivity index (χ1n) is 6.71. The number of carbonyl (C=O) groups excluding carboxylic acids is 1. The number of methoxy groups -OCH3 is 1. The Morgan fingerprint density at radius 2 is 2.10 bits per heavy atom. The van der Waals surface area contributed by atoms with E-state index in [0.29, 0.717) is 19.7 Å². The average Bonchev–Trinajstić information content (AvgIpc) is 2.39. The molecule has 112 valence electrons. The molecule has 1 aromatic rings. The Hall–Kier alpha value is -1.59. The van der Waals surface area contributed by atoms with Crippen LogP contribution in [-0.2, 0) is 16.1 Å². The normalized spacial score (nSPS) is 12.2. The van der Waals surface area contributed by atoms with E-state index in [-0.39, 0.29) is 12.4 Å². The van der Waals surface area contributed by atoms with Crippen molar-refractivity contribution in [2.24, 2.45) is 0 Å². The standard InChI is InChI=1S/C15H23NO4/c1-4-20-15(18)9-13(17)11-16(2)10-12-7-5-6-8-14(12)19-3/h5-8,13,17H,4,9-11H2,1-3H3. The summed E-state index contributed by atoms with van der Waals surface area (Å²) in [5, 5.41) is 9.85. The van der Waals surface area contributed by atoms with Crippen molar-refractivity contribution in [3.63, 3.8) is 0 Å². The number of para-hydroxylation sites is 1. The SMILES string of the molecule is CCOC(=O)CC(O)CN(C)Cc1ccccc1OC. The van der Waals surface area contributed by atoms with E-state index in [9.17, 15) is 9.90 Å². The van der Waals surface area contributed by atoms with E-state index in [1.165, 1.54) is 0 Å². The molecule has 1 aromatic carbocycles. The molecule has 5 nitrogen and oxygen atoms in total. The molecule has 0 saturated carbocycles. The van der Waals surface area contributed by atoms with Gasteiger partial charge in [-0.2, -0.15) is 0 Å². The highest BCUT2D eigenvalue weighted by molar-refractivity contribution is 5.69. The van der Waals surface area contributed by atoms with Gasteiger partial charge in [0, 0.05) is 18.7 Å². The van der Waals surface area contributed by atoms with Crippen LogP contribution in [0.3, 0.4) is 0 Å². The summed E-state index contributed by atoms with van der Waals surface area (Å²) in [7, 11) is 3.52. The minimum atomic E-state index is -0.728. The first kappa shape index (κ1) is 16.5. The first-order chi connectivity index (χ1) is 9.56. The summed E-state index contributed by atoms with van der Waals surface area (Å²) in [4.78, 5) is 13.2. The fourth-order valence-corrected chi connectivity index (χ4v) is 2.03. The third-order valence-electron chi connectivity index (χ3n) is 2.86. The Balaban J connectivity index is 2.46. The Kier molecular flexibility index (Phi) is 7.04. The lowest BCUT2D eigenvalue weighted by molar-refractivity contribution is -0.145. The van der Waals surface area contributed by atoms with Gasteiger partial charge in [-0.15, -0.1) is 0 Å². The lowest BCUT2D eigenvalue weighted by atomic mass is 10.1. The van der Waals surface area contributed by atoms with Crippen molar-refractivity contribution in [2.45, 2.75) is 26.0 Å².